The Kier molecular flexibility index (Phi) is 10.5. The fourth-order valence-electron chi connectivity index (χ4n) is 3.32. The largest absolute Gasteiger partial charge is 0.462 e. The molecule has 158 valence electrons. The number of hydrogen-bond donors (Lipinski definition) is 0. The Morgan fingerprint density at radius 1 is 0.966 bits per heavy atom. The number of nitrogens with zero attached hydrogens (tertiary/aromatic N) is 1. The van der Waals surface area contributed by atoms with Gasteiger partial charge < -0.3 is 4.74 Å². The minimum Gasteiger partial charge on any atom is -0.462 e. The summed E-state index contributed by atoms with van der Waals surface area (Å²) in [5.41, 5.74) is 3.84. The zero-order chi connectivity index (χ0) is 20.9. The summed E-state index contributed by atoms with van der Waals surface area (Å²) in [6.07, 6.45) is 12.5. The molecule has 3 heteroatoms. The van der Waals surface area contributed by atoms with Crippen molar-refractivity contribution >= 4 is 5.97 Å². The Hall–Kier alpha value is -2.16. The summed E-state index contributed by atoms with van der Waals surface area (Å²) in [4.78, 5) is 16.8. The van der Waals surface area contributed by atoms with Crippen LogP contribution in [0, 0.1) is 5.92 Å². The number of carbonyl (C=O) groups is 1. The summed E-state index contributed by atoms with van der Waals surface area (Å²) >= 11 is 0. The van der Waals surface area contributed by atoms with E-state index in [1.54, 1.807) is 0 Å². The van der Waals surface area contributed by atoms with Gasteiger partial charge >= 0.3 is 5.97 Å². The van der Waals surface area contributed by atoms with Crippen LogP contribution in [-0.2, 0) is 11.2 Å². The maximum absolute atomic E-state index is 12.2. The summed E-state index contributed by atoms with van der Waals surface area (Å²) in [5, 5.41) is 0. The van der Waals surface area contributed by atoms with Crippen LogP contribution >= 0.6 is 0 Å². The van der Waals surface area contributed by atoms with Crippen LogP contribution in [0.4, 0.5) is 0 Å². The minimum absolute atomic E-state index is 0.238. The number of aromatic nitrogens is 1. The first-order valence-electron chi connectivity index (χ1n) is 11.4. The molecule has 0 spiro atoms. The second-order valence-electron chi connectivity index (χ2n) is 8.08. The average molecular weight is 396 g/mol. The molecule has 0 amide bonds. The number of esters is 1. The third kappa shape index (κ3) is 8.39. The van der Waals surface area contributed by atoms with Gasteiger partial charge in [0, 0.05) is 11.8 Å². The van der Waals surface area contributed by atoms with Gasteiger partial charge in [-0.2, -0.15) is 0 Å². The van der Waals surface area contributed by atoms with Gasteiger partial charge in [-0.3, -0.25) is 4.98 Å². The van der Waals surface area contributed by atoms with Crippen LogP contribution in [0.3, 0.4) is 0 Å². The predicted molar refractivity (Wildman–Crippen MR) is 121 cm³/mol. The van der Waals surface area contributed by atoms with E-state index in [2.05, 4.69) is 37.9 Å². The highest BCUT2D eigenvalue weighted by atomic mass is 16.5. The molecule has 0 saturated carbocycles. The Balaban J connectivity index is 1.76. The molecule has 2 aromatic rings. The predicted octanol–water partition coefficient (Wildman–Crippen LogP) is 7.24. The summed E-state index contributed by atoms with van der Waals surface area (Å²) in [6, 6.07) is 11.8. The first-order valence-corrected chi connectivity index (χ1v) is 11.4. The van der Waals surface area contributed by atoms with Crippen molar-refractivity contribution < 1.29 is 9.53 Å². The zero-order valence-electron chi connectivity index (χ0n) is 18.5. The molecule has 0 aliphatic rings. The molecule has 0 N–H and O–H groups in total. The van der Waals surface area contributed by atoms with Crippen molar-refractivity contribution in [3.05, 3.63) is 53.7 Å². The molecule has 0 fully saturated rings. The molecule has 0 bridgehead atoms. The van der Waals surface area contributed by atoms with Crippen molar-refractivity contribution in [2.45, 2.75) is 78.6 Å². The van der Waals surface area contributed by atoms with Crippen LogP contribution in [-0.4, -0.2) is 17.6 Å². The van der Waals surface area contributed by atoms with Gasteiger partial charge in [-0.05, 0) is 48.9 Å². The van der Waals surface area contributed by atoms with Gasteiger partial charge in [-0.1, -0.05) is 77.5 Å². The first-order chi connectivity index (χ1) is 14.1. The molecule has 1 aromatic heterocycles. The van der Waals surface area contributed by atoms with Crippen LogP contribution in [0.5, 0.6) is 0 Å². The number of pyridine rings is 1. The summed E-state index contributed by atoms with van der Waals surface area (Å²) in [7, 11) is 0. The second-order valence-corrected chi connectivity index (χ2v) is 8.08. The lowest BCUT2D eigenvalue weighted by Crippen LogP contribution is -2.06. The third-order valence-corrected chi connectivity index (χ3v) is 5.58. The number of hydrogen-bond acceptors (Lipinski definition) is 3. The lowest BCUT2D eigenvalue weighted by molar-refractivity contribution is 0.0497. The topological polar surface area (TPSA) is 39.2 Å². The van der Waals surface area contributed by atoms with Crippen LogP contribution in [0.25, 0.3) is 11.3 Å². The van der Waals surface area contributed by atoms with E-state index in [1.165, 1.54) is 44.1 Å². The molecule has 1 atom stereocenters. The SMILES string of the molecule is CCCCCc1ccc(-c2ccc(C(=O)OCCCCC[C@@H](C)CC)cc2)nc1. The molecule has 1 heterocycles. The van der Waals surface area contributed by atoms with Gasteiger partial charge in [0.15, 0.2) is 0 Å². The first kappa shape index (κ1) is 23.1. The molecular formula is C26H37NO2. The summed E-state index contributed by atoms with van der Waals surface area (Å²) in [6.45, 7) is 7.25. The van der Waals surface area contributed by atoms with Crippen LogP contribution < -0.4 is 0 Å². The van der Waals surface area contributed by atoms with Crippen molar-refractivity contribution in [3.8, 4) is 11.3 Å². The van der Waals surface area contributed by atoms with Crippen molar-refractivity contribution in [1.29, 1.82) is 0 Å². The number of unbranched alkanes of at least 4 members (excludes halogenated alkanes) is 4. The number of carbonyl (C=O) groups excluding carboxylic acids is 1. The number of ether oxygens (including phenoxy) is 1. The number of rotatable bonds is 13. The Bertz CT molecular complexity index is 706. The number of benzene rings is 1. The average Bonchev–Trinajstić information content (AvgIpc) is 2.76. The zero-order valence-corrected chi connectivity index (χ0v) is 18.5. The lowest BCUT2D eigenvalue weighted by atomic mass is 10.0. The van der Waals surface area contributed by atoms with Gasteiger partial charge in [0.2, 0.25) is 0 Å². The standard InChI is InChI=1S/C26H37NO2/c1-4-6-8-12-22-13-18-25(27-20-22)23-14-16-24(17-15-23)26(28)29-19-10-7-9-11-21(3)5-2/h13-18,20-21H,4-12,19H2,1-3H3/t21-/m0/s1. The van der Waals surface area contributed by atoms with Crippen LogP contribution in [0.15, 0.2) is 42.6 Å². The highest BCUT2D eigenvalue weighted by Crippen LogP contribution is 2.19. The van der Waals surface area contributed by atoms with Gasteiger partial charge in [-0.25, -0.2) is 4.79 Å². The van der Waals surface area contributed by atoms with Crippen molar-refractivity contribution in [2.75, 3.05) is 6.61 Å². The Morgan fingerprint density at radius 2 is 1.76 bits per heavy atom. The minimum atomic E-state index is -0.238. The summed E-state index contributed by atoms with van der Waals surface area (Å²) in [5.74, 6) is 0.556. The van der Waals surface area contributed by atoms with E-state index >= 15 is 0 Å². The third-order valence-electron chi connectivity index (χ3n) is 5.58. The van der Waals surface area contributed by atoms with E-state index in [0.717, 1.165) is 36.4 Å². The smallest absolute Gasteiger partial charge is 0.338 e. The van der Waals surface area contributed by atoms with Crippen LogP contribution in [0.1, 0.15) is 88.1 Å². The van der Waals surface area contributed by atoms with Gasteiger partial charge in [-0.15, -0.1) is 0 Å². The molecule has 29 heavy (non-hydrogen) atoms. The van der Waals surface area contributed by atoms with Crippen molar-refractivity contribution in [3.63, 3.8) is 0 Å². The Morgan fingerprint density at radius 3 is 2.41 bits per heavy atom. The monoisotopic (exact) mass is 395 g/mol. The van der Waals surface area contributed by atoms with Crippen LogP contribution in [0.2, 0.25) is 0 Å². The quantitative estimate of drug-likeness (QED) is 0.265. The molecule has 1 aromatic carbocycles. The number of aryl methyl sites for hydroxylation is 1. The maximum atomic E-state index is 12.2. The van der Waals surface area contributed by atoms with Crippen molar-refractivity contribution in [2.24, 2.45) is 5.92 Å². The van der Waals surface area contributed by atoms with E-state index < -0.39 is 0 Å². The molecule has 0 saturated heterocycles. The molecule has 0 aliphatic heterocycles. The summed E-state index contributed by atoms with van der Waals surface area (Å²) < 4.78 is 5.41. The van der Waals surface area contributed by atoms with E-state index in [0.29, 0.717) is 12.2 Å². The molecule has 3 nitrogen and oxygen atoms in total. The fraction of sp³-hybridized carbons (Fsp3) is 0.538. The van der Waals surface area contributed by atoms with E-state index in [-0.39, 0.29) is 5.97 Å². The highest BCUT2D eigenvalue weighted by Gasteiger charge is 2.08. The molecule has 0 unspecified atom stereocenters. The Labute approximate surface area is 176 Å². The molecule has 0 aliphatic carbocycles. The normalized spacial score (nSPS) is 12.0. The van der Waals surface area contributed by atoms with E-state index in [1.807, 2.05) is 30.5 Å². The highest BCUT2D eigenvalue weighted by molar-refractivity contribution is 5.90. The van der Waals surface area contributed by atoms with Gasteiger partial charge in [0.05, 0.1) is 17.9 Å². The molecular weight excluding hydrogens is 358 g/mol. The van der Waals surface area contributed by atoms with Crippen molar-refractivity contribution in [1.82, 2.24) is 4.98 Å². The maximum Gasteiger partial charge on any atom is 0.338 e. The fourth-order valence-corrected chi connectivity index (χ4v) is 3.32. The lowest BCUT2D eigenvalue weighted by Gasteiger charge is -2.08. The van der Waals surface area contributed by atoms with Gasteiger partial charge in [0.25, 0.3) is 0 Å². The van der Waals surface area contributed by atoms with E-state index in [9.17, 15) is 4.79 Å². The van der Waals surface area contributed by atoms with Gasteiger partial charge in [0.1, 0.15) is 0 Å². The molecule has 0 radical (unpaired) electrons. The van der Waals surface area contributed by atoms with E-state index in [4.69, 9.17) is 4.74 Å². The molecule has 2 rings (SSSR count). The second kappa shape index (κ2) is 13.1.